The minimum Gasteiger partial charge on any atom is -0.329 e. The van der Waals surface area contributed by atoms with Crippen molar-refractivity contribution in [1.29, 1.82) is 0 Å². The number of nitrogens with one attached hydrogen (secondary N) is 1. The molecule has 0 unspecified atom stereocenters. The minimum atomic E-state index is 0.705. The van der Waals surface area contributed by atoms with Crippen LogP contribution in [0.1, 0.15) is 13.8 Å². The maximum atomic E-state index is 5.30. The smallest absolute Gasteiger partial charge is 0.0225 e. The lowest BCUT2D eigenvalue weighted by molar-refractivity contribution is 0.212. The van der Waals surface area contributed by atoms with Crippen molar-refractivity contribution in [2.24, 2.45) is 5.73 Å². The maximum absolute atomic E-state index is 5.30. The number of hydrazine groups is 1. The van der Waals surface area contributed by atoms with Crippen molar-refractivity contribution in [3.8, 4) is 0 Å². The highest BCUT2D eigenvalue weighted by atomic mass is 15.5. The fourth-order valence-electron chi connectivity index (χ4n) is 0.670. The van der Waals surface area contributed by atoms with Crippen LogP contribution in [0.25, 0.3) is 0 Å². The molecule has 0 radical (unpaired) electrons. The van der Waals surface area contributed by atoms with E-state index in [2.05, 4.69) is 24.3 Å². The van der Waals surface area contributed by atoms with Crippen LogP contribution in [0.5, 0.6) is 0 Å². The number of hydrogen-bond acceptors (Lipinski definition) is 3. The molecule has 56 valence electrons. The third-order valence-electron chi connectivity index (χ3n) is 1.24. The Balaban J connectivity index is 3.09. The molecule has 0 heterocycles. The molecule has 0 spiro atoms. The number of nitrogens with zero attached hydrogens (tertiary/aromatic N) is 1. The summed E-state index contributed by atoms with van der Waals surface area (Å²) in [7, 11) is 0. The van der Waals surface area contributed by atoms with Crippen LogP contribution in [0.4, 0.5) is 0 Å². The molecule has 0 amide bonds. The quantitative estimate of drug-likeness (QED) is 0.507. The van der Waals surface area contributed by atoms with E-state index in [0.717, 1.165) is 19.6 Å². The third-order valence-corrected chi connectivity index (χ3v) is 1.24. The molecule has 0 saturated heterocycles. The summed E-state index contributed by atoms with van der Waals surface area (Å²) in [6, 6.07) is 0. The Kier molecular flexibility index (Phi) is 5.93. The molecule has 0 aliphatic carbocycles. The molecule has 9 heavy (non-hydrogen) atoms. The molecule has 0 aromatic heterocycles. The summed E-state index contributed by atoms with van der Waals surface area (Å²) in [6.45, 7) is 7.89. The van der Waals surface area contributed by atoms with Gasteiger partial charge in [0.2, 0.25) is 0 Å². The highest BCUT2D eigenvalue weighted by molar-refractivity contribution is 4.45. The zero-order valence-electron chi connectivity index (χ0n) is 6.35. The van der Waals surface area contributed by atoms with Crippen LogP contribution in [0.3, 0.4) is 0 Å². The van der Waals surface area contributed by atoms with Crippen LogP contribution in [-0.4, -0.2) is 31.2 Å². The van der Waals surface area contributed by atoms with Gasteiger partial charge in [0, 0.05) is 26.2 Å². The zero-order valence-corrected chi connectivity index (χ0v) is 6.35. The summed E-state index contributed by atoms with van der Waals surface area (Å²) in [4.78, 5) is 0. The maximum Gasteiger partial charge on any atom is 0.0225 e. The van der Waals surface area contributed by atoms with Gasteiger partial charge in [-0.2, -0.15) is 0 Å². The van der Waals surface area contributed by atoms with E-state index < -0.39 is 0 Å². The topological polar surface area (TPSA) is 41.3 Å². The fourth-order valence-corrected chi connectivity index (χ4v) is 0.670. The zero-order chi connectivity index (χ0) is 7.11. The predicted molar refractivity (Wildman–Crippen MR) is 40.0 cm³/mol. The molecule has 0 aliphatic rings. The van der Waals surface area contributed by atoms with Crippen molar-refractivity contribution in [1.82, 2.24) is 10.4 Å². The Morgan fingerprint density at radius 2 is 1.89 bits per heavy atom. The van der Waals surface area contributed by atoms with E-state index in [4.69, 9.17) is 5.73 Å². The van der Waals surface area contributed by atoms with Crippen LogP contribution in [0.15, 0.2) is 0 Å². The molecular weight excluding hydrogens is 114 g/mol. The normalized spacial score (nSPS) is 10.7. The van der Waals surface area contributed by atoms with Gasteiger partial charge in [-0.15, -0.1) is 0 Å². The summed E-state index contributed by atoms with van der Waals surface area (Å²) in [5.41, 5.74) is 8.47. The largest absolute Gasteiger partial charge is 0.329 e. The molecule has 0 fully saturated rings. The summed E-state index contributed by atoms with van der Waals surface area (Å²) < 4.78 is 0. The highest BCUT2D eigenvalue weighted by Gasteiger charge is 1.92. The molecule has 0 aromatic carbocycles. The van der Waals surface area contributed by atoms with E-state index in [1.807, 2.05) is 0 Å². The molecule has 0 rings (SSSR count). The molecule has 0 atom stereocenters. The first-order valence-electron chi connectivity index (χ1n) is 3.53. The van der Waals surface area contributed by atoms with Gasteiger partial charge in [-0.05, 0) is 0 Å². The van der Waals surface area contributed by atoms with Gasteiger partial charge in [0.25, 0.3) is 0 Å². The molecular formula is C6H17N3. The molecule has 0 aromatic rings. The Labute approximate surface area is 57.2 Å². The summed E-state index contributed by atoms with van der Waals surface area (Å²) in [5.74, 6) is 0. The standard InChI is InChI=1S/C6H17N3/c1-3-9(4-2)8-6-5-7/h8H,3-7H2,1-2H3. The first-order valence-corrected chi connectivity index (χ1v) is 3.53. The first kappa shape index (κ1) is 8.88. The Morgan fingerprint density at radius 1 is 1.33 bits per heavy atom. The lowest BCUT2D eigenvalue weighted by atomic mass is 10.6. The second kappa shape index (κ2) is 6.01. The Morgan fingerprint density at radius 3 is 2.22 bits per heavy atom. The van der Waals surface area contributed by atoms with Crippen molar-refractivity contribution >= 4 is 0 Å². The van der Waals surface area contributed by atoms with Gasteiger partial charge in [-0.1, -0.05) is 13.8 Å². The van der Waals surface area contributed by atoms with E-state index in [-0.39, 0.29) is 0 Å². The van der Waals surface area contributed by atoms with E-state index in [1.54, 1.807) is 0 Å². The number of rotatable bonds is 5. The molecule has 0 aliphatic heterocycles. The van der Waals surface area contributed by atoms with Crippen LogP contribution in [0.2, 0.25) is 0 Å². The molecule has 3 nitrogen and oxygen atoms in total. The van der Waals surface area contributed by atoms with Crippen LogP contribution >= 0.6 is 0 Å². The monoisotopic (exact) mass is 131 g/mol. The Hall–Kier alpha value is -0.120. The van der Waals surface area contributed by atoms with Crippen molar-refractivity contribution < 1.29 is 0 Å². The van der Waals surface area contributed by atoms with E-state index in [0.29, 0.717) is 6.54 Å². The van der Waals surface area contributed by atoms with Crippen molar-refractivity contribution in [2.45, 2.75) is 13.8 Å². The molecule has 0 saturated carbocycles. The SMILES string of the molecule is CCN(CC)NCCN. The summed E-state index contributed by atoms with van der Waals surface area (Å²) in [6.07, 6.45) is 0. The summed E-state index contributed by atoms with van der Waals surface area (Å²) >= 11 is 0. The van der Waals surface area contributed by atoms with E-state index in [1.165, 1.54) is 0 Å². The Bertz CT molecular complexity index is 52.3. The van der Waals surface area contributed by atoms with Gasteiger partial charge >= 0.3 is 0 Å². The predicted octanol–water partition coefficient (Wildman–Crippen LogP) is -0.208. The first-order chi connectivity index (χ1) is 4.35. The van der Waals surface area contributed by atoms with Crippen LogP contribution in [-0.2, 0) is 0 Å². The average molecular weight is 131 g/mol. The lowest BCUT2D eigenvalue weighted by Crippen LogP contribution is -2.40. The average Bonchev–Trinajstić information content (AvgIpc) is 1.91. The van der Waals surface area contributed by atoms with Crippen LogP contribution < -0.4 is 11.2 Å². The lowest BCUT2D eigenvalue weighted by Gasteiger charge is -2.18. The highest BCUT2D eigenvalue weighted by Crippen LogP contribution is 1.76. The minimum absolute atomic E-state index is 0.705. The van der Waals surface area contributed by atoms with E-state index >= 15 is 0 Å². The molecule has 0 bridgehead atoms. The van der Waals surface area contributed by atoms with Gasteiger partial charge in [0.05, 0.1) is 0 Å². The second-order valence-corrected chi connectivity index (χ2v) is 1.87. The second-order valence-electron chi connectivity index (χ2n) is 1.87. The van der Waals surface area contributed by atoms with Gasteiger partial charge in [0.1, 0.15) is 0 Å². The van der Waals surface area contributed by atoms with E-state index in [9.17, 15) is 0 Å². The van der Waals surface area contributed by atoms with Gasteiger partial charge in [-0.25, -0.2) is 5.01 Å². The molecule has 3 N–H and O–H groups in total. The summed E-state index contributed by atoms with van der Waals surface area (Å²) in [5, 5.41) is 2.13. The van der Waals surface area contributed by atoms with Crippen molar-refractivity contribution in [2.75, 3.05) is 26.2 Å². The van der Waals surface area contributed by atoms with Crippen LogP contribution in [0, 0.1) is 0 Å². The molecule has 3 heteroatoms. The van der Waals surface area contributed by atoms with Crippen molar-refractivity contribution in [3.63, 3.8) is 0 Å². The van der Waals surface area contributed by atoms with Gasteiger partial charge in [0.15, 0.2) is 0 Å². The number of nitrogens with two attached hydrogens (primary N) is 1. The fraction of sp³-hybridized carbons (Fsp3) is 1.00. The van der Waals surface area contributed by atoms with Gasteiger partial charge in [-0.3, -0.25) is 5.43 Å². The van der Waals surface area contributed by atoms with Crippen molar-refractivity contribution in [3.05, 3.63) is 0 Å². The van der Waals surface area contributed by atoms with Gasteiger partial charge < -0.3 is 5.73 Å². The third kappa shape index (κ3) is 4.39. The number of hydrogen-bond donors (Lipinski definition) is 2.